The molecule has 0 unspecified atom stereocenters. The van der Waals surface area contributed by atoms with Gasteiger partial charge in [-0.15, -0.1) is 0 Å². The Balaban J connectivity index is 1.86. The monoisotopic (exact) mass is 330 g/mol. The summed E-state index contributed by atoms with van der Waals surface area (Å²) in [5.41, 5.74) is 2.21. The van der Waals surface area contributed by atoms with E-state index in [-0.39, 0.29) is 36.3 Å². The van der Waals surface area contributed by atoms with Gasteiger partial charge in [0, 0.05) is 17.9 Å². The highest BCUT2D eigenvalue weighted by atomic mass is 16.6. The second-order valence-electron chi connectivity index (χ2n) is 7.48. The molecule has 0 aromatic heterocycles. The number of carbonyl (C=O) groups excluding carboxylic acids is 2. The predicted molar refractivity (Wildman–Crippen MR) is 91.4 cm³/mol. The van der Waals surface area contributed by atoms with Crippen molar-refractivity contribution in [3.63, 3.8) is 0 Å². The molecule has 0 amide bonds. The lowest BCUT2D eigenvalue weighted by Crippen LogP contribution is -2.29. The Morgan fingerprint density at radius 2 is 1.96 bits per heavy atom. The van der Waals surface area contributed by atoms with Crippen LogP contribution in [-0.4, -0.2) is 29.6 Å². The molecule has 0 aromatic carbocycles. The zero-order valence-corrected chi connectivity index (χ0v) is 14.8. The van der Waals surface area contributed by atoms with Crippen molar-refractivity contribution in [3.8, 4) is 0 Å². The maximum atomic E-state index is 12.7. The largest absolute Gasteiger partial charge is 0.454 e. The van der Waals surface area contributed by atoms with E-state index in [1.54, 1.807) is 0 Å². The fraction of sp³-hybridized carbons (Fsp3) is 0.600. The number of ether oxygens (including phenoxy) is 2. The highest BCUT2D eigenvalue weighted by molar-refractivity contribution is 5.95. The van der Waals surface area contributed by atoms with Crippen molar-refractivity contribution in [2.75, 3.05) is 0 Å². The quantitative estimate of drug-likeness (QED) is 0.294. The second kappa shape index (κ2) is 6.32. The normalized spacial score (nSPS) is 37.6. The van der Waals surface area contributed by atoms with E-state index in [0.29, 0.717) is 5.57 Å². The van der Waals surface area contributed by atoms with E-state index in [2.05, 4.69) is 19.6 Å². The number of fused-ring (bicyclic) bond motifs is 2. The molecule has 3 aliphatic rings. The van der Waals surface area contributed by atoms with Crippen LogP contribution in [0.5, 0.6) is 0 Å². The third kappa shape index (κ3) is 3.25. The molecule has 3 rings (SSSR count). The average Bonchev–Trinajstić information content (AvgIpc) is 3.13. The van der Waals surface area contributed by atoms with Crippen molar-refractivity contribution in [2.24, 2.45) is 5.92 Å². The first-order valence-corrected chi connectivity index (χ1v) is 8.75. The first-order chi connectivity index (χ1) is 11.3. The molecule has 4 heteroatoms. The van der Waals surface area contributed by atoms with Crippen LogP contribution in [-0.2, 0) is 19.1 Å². The third-order valence-electron chi connectivity index (χ3n) is 5.53. The second-order valence-corrected chi connectivity index (χ2v) is 7.48. The Hall–Kier alpha value is -1.68. The van der Waals surface area contributed by atoms with Gasteiger partial charge in [-0.2, -0.15) is 0 Å². The number of epoxide rings is 1. The number of Topliss-reactive ketones (excluding diaryl/α,β-unsaturated/α-hetero) is 1. The van der Waals surface area contributed by atoms with Crippen LogP contribution in [0.25, 0.3) is 0 Å². The lowest BCUT2D eigenvalue weighted by molar-refractivity contribution is -0.137. The summed E-state index contributed by atoms with van der Waals surface area (Å²) < 4.78 is 11.2. The van der Waals surface area contributed by atoms with Gasteiger partial charge in [-0.1, -0.05) is 23.8 Å². The number of hydrogen-bond acceptors (Lipinski definition) is 4. The summed E-state index contributed by atoms with van der Waals surface area (Å²) in [6.45, 7) is 9.88. The first kappa shape index (κ1) is 17.2. The number of esters is 1. The fourth-order valence-corrected chi connectivity index (χ4v) is 3.63. The molecule has 2 aliphatic heterocycles. The molecule has 1 aliphatic carbocycles. The van der Waals surface area contributed by atoms with Crippen LogP contribution < -0.4 is 0 Å². The average molecular weight is 330 g/mol. The van der Waals surface area contributed by atoms with E-state index in [4.69, 9.17) is 9.47 Å². The van der Waals surface area contributed by atoms with Crippen LogP contribution in [0.4, 0.5) is 0 Å². The van der Waals surface area contributed by atoms with Crippen molar-refractivity contribution >= 4 is 11.8 Å². The van der Waals surface area contributed by atoms with E-state index in [1.165, 1.54) is 11.1 Å². The maximum absolute atomic E-state index is 12.7. The minimum Gasteiger partial charge on any atom is -0.454 e. The van der Waals surface area contributed by atoms with E-state index >= 15 is 0 Å². The molecule has 2 saturated heterocycles. The van der Waals surface area contributed by atoms with Gasteiger partial charge in [-0.25, -0.2) is 4.79 Å². The number of allylic oxidation sites excluding steroid dienone is 3. The summed E-state index contributed by atoms with van der Waals surface area (Å²) >= 11 is 0. The smallest absolute Gasteiger partial charge is 0.334 e. The number of rotatable bonds is 0. The van der Waals surface area contributed by atoms with E-state index in [9.17, 15) is 9.59 Å². The SMILES string of the molecule is C=C1C(=O)O[C@H]2C=C(C)CCC=C(C)CC[C@H]3O[C@@]3(C)C(=O)C[C@H]12. The van der Waals surface area contributed by atoms with Gasteiger partial charge in [0.2, 0.25) is 0 Å². The molecule has 2 fully saturated rings. The molecule has 2 heterocycles. The van der Waals surface area contributed by atoms with Gasteiger partial charge in [0.05, 0.1) is 6.10 Å². The van der Waals surface area contributed by atoms with Crippen LogP contribution in [0, 0.1) is 5.92 Å². The van der Waals surface area contributed by atoms with Crippen molar-refractivity contribution in [1.82, 2.24) is 0 Å². The Morgan fingerprint density at radius 1 is 1.21 bits per heavy atom. The highest BCUT2D eigenvalue weighted by Crippen LogP contribution is 2.44. The zero-order valence-electron chi connectivity index (χ0n) is 14.8. The molecule has 0 radical (unpaired) electrons. The summed E-state index contributed by atoms with van der Waals surface area (Å²) in [6, 6.07) is 0. The van der Waals surface area contributed by atoms with Crippen molar-refractivity contribution in [1.29, 1.82) is 0 Å². The van der Waals surface area contributed by atoms with Gasteiger partial charge in [0.25, 0.3) is 0 Å². The molecule has 0 saturated carbocycles. The number of ketones is 1. The van der Waals surface area contributed by atoms with Gasteiger partial charge < -0.3 is 9.47 Å². The first-order valence-electron chi connectivity index (χ1n) is 8.75. The topological polar surface area (TPSA) is 55.9 Å². The Kier molecular flexibility index (Phi) is 4.52. The summed E-state index contributed by atoms with van der Waals surface area (Å²) in [4.78, 5) is 24.6. The van der Waals surface area contributed by atoms with E-state index in [0.717, 1.165) is 25.7 Å². The summed E-state index contributed by atoms with van der Waals surface area (Å²) in [5.74, 6) is -0.617. The van der Waals surface area contributed by atoms with Crippen LogP contribution in [0.3, 0.4) is 0 Å². The highest BCUT2D eigenvalue weighted by Gasteiger charge is 2.58. The van der Waals surface area contributed by atoms with Gasteiger partial charge in [-0.3, -0.25) is 4.79 Å². The van der Waals surface area contributed by atoms with Crippen molar-refractivity contribution in [2.45, 2.75) is 70.7 Å². The van der Waals surface area contributed by atoms with Gasteiger partial charge in [0.15, 0.2) is 5.78 Å². The van der Waals surface area contributed by atoms with Crippen LogP contribution in [0.15, 0.2) is 35.5 Å². The van der Waals surface area contributed by atoms with Crippen LogP contribution in [0.2, 0.25) is 0 Å². The molecule has 0 aromatic rings. The van der Waals surface area contributed by atoms with E-state index in [1.807, 2.05) is 19.9 Å². The summed E-state index contributed by atoms with van der Waals surface area (Å²) in [7, 11) is 0. The lowest BCUT2D eigenvalue weighted by Gasteiger charge is -2.17. The third-order valence-corrected chi connectivity index (χ3v) is 5.53. The lowest BCUT2D eigenvalue weighted by atomic mass is 9.85. The minimum atomic E-state index is -0.709. The number of hydrogen-bond donors (Lipinski definition) is 0. The molecule has 4 atom stereocenters. The van der Waals surface area contributed by atoms with Crippen LogP contribution in [0.1, 0.15) is 52.9 Å². The van der Waals surface area contributed by atoms with Gasteiger partial charge >= 0.3 is 5.97 Å². The molecule has 0 bridgehead atoms. The molecule has 130 valence electrons. The van der Waals surface area contributed by atoms with Gasteiger partial charge in [0.1, 0.15) is 11.7 Å². The fourth-order valence-electron chi connectivity index (χ4n) is 3.63. The minimum absolute atomic E-state index is 0.0155. The van der Waals surface area contributed by atoms with E-state index < -0.39 is 5.60 Å². The molecule has 0 spiro atoms. The Morgan fingerprint density at radius 3 is 2.71 bits per heavy atom. The molecule has 24 heavy (non-hydrogen) atoms. The molecule has 4 nitrogen and oxygen atoms in total. The molecule has 0 N–H and O–H groups in total. The van der Waals surface area contributed by atoms with Gasteiger partial charge in [-0.05, 0) is 52.5 Å². The molecular weight excluding hydrogens is 304 g/mol. The van der Waals surface area contributed by atoms with Crippen LogP contribution >= 0.6 is 0 Å². The van der Waals surface area contributed by atoms with Crippen molar-refractivity contribution < 1.29 is 19.1 Å². The maximum Gasteiger partial charge on any atom is 0.334 e. The van der Waals surface area contributed by atoms with Crippen molar-refractivity contribution in [3.05, 3.63) is 35.5 Å². The predicted octanol–water partition coefficient (Wildman–Crippen LogP) is 3.67. The summed E-state index contributed by atoms with van der Waals surface area (Å²) in [6.07, 6.45) is 7.80. The standard InChI is InChI=1S/C20H26O4/c1-12-6-5-7-13(2)10-16-15(14(3)19(22)23-16)11-17(21)20(4)18(24-20)9-8-12/h6,10,15-16,18H,3,5,7-9,11H2,1-2,4H3/t15-,16+,18-,20+/m1/s1. The number of carbonyl (C=O) groups is 2. The molecular formula is C20H26O4. The zero-order chi connectivity index (χ0) is 17.5. The Bertz CT molecular complexity index is 642. The Labute approximate surface area is 143 Å². The summed E-state index contributed by atoms with van der Waals surface area (Å²) in [5, 5.41) is 0.